The standard InChI is InChI=1S/C10H13N3O2S/c1-6-3-2-4-7(6)12-13-10-11-8(5-16-10)9(14)15/h5-6H,2-4H2,1H3,(H,11,13)(H,14,15)/b12-7-. The van der Waals surface area contributed by atoms with Crippen LogP contribution in [0, 0.1) is 5.92 Å². The number of aromatic nitrogens is 1. The largest absolute Gasteiger partial charge is 0.476 e. The molecule has 1 fully saturated rings. The predicted octanol–water partition coefficient (Wildman–Crippen LogP) is 2.43. The maximum atomic E-state index is 10.6. The molecule has 5 nitrogen and oxygen atoms in total. The summed E-state index contributed by atoms with van der Waals surface area (Å²) in [7, 11) is 0. The number of thiazole rings is 1. The number of nitrogens with one attached hydrogen (secondary N) is 1. The summed E-state index contributed by atoms with van der Waals surface area (Å²) in [5.74, 6) is -0.488. The van der Waals surface area contributed by atoms with E-state index in [0.717, 1.165) is 12.1 Å². The Bertz CT molecular complexity index is 427. The number of nitrogens with zero attached hydrogens (tertiary/aromatic N) is 2. The SMILES string of the molecule is CC1CCC/C1=N/Nc1nc(C(=O)O)cs1. The molecule has 1 heterocycles. The van der Waals surface area contributed by atoms with Gasteiger partial charge in [0.1, 0.15) is 0 Å². The van der Waals surface area contributed by atoms with E-state index in [1.54, 1.807) is 0 Å². The van der Waals surface area contributed by atoms with E-state index in [1.807, 2.05) is 0 Å². The lowest BCUT2D eigenvalue weighted by Crippen LogP contribution is -2.05. The third-order valence-electron chi connectivity index (χ3n) is 2.66. The minimum absolute atomic E-state index is 0.0622. The normalized spacial score (nSPS) is 22.6. The number of carboxylic acids is 1. The third-order valence-corrected chi connectivity index (χ3v) is 3.40. The second-order valence-electron chi connectivity index (χ2n) is 3.85. The molecule has 1 aliphatic rings. The van der Waals surface area contributed by atoms with Crippen LogP contribution < -0.4 is 5.43 Å². The van der Waals surface area contributed by atoms with Crippen molar-refractivity contribution >= 4 is 28.1 Å². The Labute approximate surface area is 97.2 Å². The van der Waals surface area contributed by atoms with Crippen molar-refractivity contribution < 1.29 is 9.90 Å². The molecule has 0 spiro atoms. The number of aromatic carboxylic acids is 1. The second-order valence-corrected chi connectivity index (χ2v) is 4.71. The molecule has 1 atom stereocenters. The first kappa shape index (κ1) is 11.1. The van der Waals surface area contributed by atoms with Crippen LogP contribution >= 0.6 is 11.3 Å². The smallest absolute Gasteiger partial charge is 0.355 e. The number of hydrogen-bond donors (Lipinski definition) is 2. The molecule has 0 saturated heterocycles. The maximum Gasteiger partial charge on any atom is 0.355 e. The average molecular weight is 239 g/mol. The first-order chi connectivity index (χ1) is 7.66. The molecule has 0 bridgehead atoms. The zero-order valence-corrected chi connectivity index (χ0v) is 9.75. The summed E-state index contributed by atoms with van der Waals surface area (Å²) in [6.45, 7) is 2.15. The topological polar surface area (TPSA) is 74.6 Å². The van der Waals surface area contributed by atoms with Gasteiger partial charge in [0.05, 0.1) is 0 Å². The molecule has 0 aliphatic heterocycles. The zero-order chi connectivity index (χ0) is 11.5. The first-order valence-electron chi connectivity index (χ1n) is 5.18. The highest BCUT2D eigenvalue weighted by molar-refractivity contribution is 7.13. The van der Waals surface area contributed by atoms with Crippen molar-refractivity contribution in [2.75, 3.05) is 5.43 Å². The number of hydrazone groups is 1. The van der Waals surface area contributed by atoms with Gasteiger partial charge in [0.2, 0.25) is 5.13 Å². The fourth-order valence-corrected chi connectivity index (χ4v) is 2.34. The number of hydrogen-bond acceptors (Lipinski definition) is 5. The molecule has 1 aromatic heterocycles. The Hall–Kier alpha value is -1.43. The van der Waals surface area contributed by atoms with Crippen molar-refractivity contribution in [3.63, 3.8) is 0 Å². The van der Waals surface area contributed by atoms with Crippen molar-refractivity contribution in [3.8, 4) is 0 Å². The molecular formula is C10H13N3O2S. The van der Waals surface area contributed by atoms with Crippen molar-refractivity contribution in [3.05, 3.63) is 11.1 Å². The van der Waals surface area contributed by atoms with Gasteiger partial charge in [-0.3, -0.25) is 5.43 Å². The van der Waals surface area contributed by atoms with Gasteiger partial charge in [-0.1, -0.05) is 6.92 Å². The molecule has 1 aromatic rings. The molecule has 16 heavy (non-hydrogen) atoms. The molecule has 1 saturated carbocycles. The van der Waals surface area contributed by atoms with Gasteiger partial charge in [-0.05, 0) is 25.2 Å². The van der Waals surface area contributed by atoms with Crippen LogP contribution in [0.15, 0.2) is 10.5 Å². The van der Waals surface area contributed by atoms with Crippen molar-refractivity contribution in [2.45, 2.75) is 26.2 Å². The summed E-state index contributed by atoms with van der Waals surface area (Å²) in [5.41, 5.74) is 4.03. The fraction of sp³-hybridized carbons (Fsp3) is 0.500. The van der Waals surface area contributed by atoms with Crippen LogP contribution in [0.5, 0.6) is 0 Å². The van der Waals surface area contributed by atoms with Gasteiger partial charge in [-0.15, -0.1) is 11.3 Å². The van der Waals surface area contributed by atoms with E-state index in [2.05, 4.69) is 22.4 Å². The number of carbonyl (C=O) groups is 1. The minimum atomic E-state index is -1.01. The predicted molar refractivity (Wildman–Crippen MR) is 63.1 cm³/mol. The molecular weight excluding hydrogens is 226 g/mol. The highest BCUT2D eigenvalue weighted by atomic mass is 32.1. The van der Waals surface area contributed by atoms with Gasteiger partial charge in [0.15, 0.2) is 5.69 Å². The van der Waals surface area contributed by atoms with E-state index >= 15 is 0 Å². The van der Waals surface area contributed by atoms with Crippen LogP contribution in [0.1, 0.15) is 36.7 Å². The Morgan fingerprint density at radius 2 is 2.56 bits per heavy atom. The second kappa shape index (κ2) is 4.61. The first-order valence-corrected chi connectivity index (χ1v) is 6.06. The Morgan fingerprint density at radius 1 is 1.75 bits per heavy atom. The Morgan fingerprint density at radius 3 is 3.12 bits per heavy atom. The minimum Gasteiger partial charge on any atom is -0.476 e. The van der Waals surface area contributed by atoms with Crippen LogP contribution in [0.25, 0.3) is 0 Å². The van der Waals surface area contributed by atoms with Gasteiger partial charge in [0.25, 0.3) is 0 Å². The fourth-order valence-electron chi connectivity index (χ4n) is 1.71. The van der Waals surface area contributed by atoms with Crippen LogP contribution in [-0.2, 0) is 0 Å². The molecule has 6 heteroatoms. The summed E-state index contributed by atoms with van der Waals surface area (Å²) >= 11 is 1.25. The lowest BCUT2D eigenvalue weighted by Gasteiger charge is -2.02. The van der Waals surface area contributed by atoms with Crippen LogP contribution in [0.3, 0.4) is 0 Å². The van der Waals surface area contributed by atoms with E-state index in [-0.39, 0.29) is 5.69 Å². The summed E-state index contributed by atoms with van der Waals surface area (Å²) in [5, 5.41) is 15.0. The van der Waals surface area contributed by atoms with Gasteiger partial charge >= 0.3 is 5.97 Å². The van der Waals surface area contributed by atoms with E-state index in [0.29, 0.717) is 11.0 Å². The van der Waals surface area contributed by atoms with Crippen molar-refractivity contribution in [1.82, 2.24) is 4.98 Å². The molecule has 0 amide bonds. The molecule has 1 aliphatic carbocycles. The lowest BCUT2D eigenvalue weighted by molar-refractivity contribution is 0.0691. The van der Waals surface area contributed by atoms with Gasteiger partial charge in [0, 0.05) is 11.1 Å². The summed E-state index contributed by atoms with van der Waals surface area (Å²) in [4.78, 5) is 14.5. The molecule has 0 aromatic carbocycles. The highest BCUT2D eigenvalue weighted by Gasteiger charge is 2.17. The summed E-state index contributed by atoms with van der Waals surface area (Å²) in [6, 6.07) is 0. The Balaban J connectivity index is 2.01. The van der Waals surface area contributed by atoms with Gasteiger partial charge in [-0.25, -0.2) is 9.78 Å². The molecule has 0 radical (unpaired) electrons. The number of rotatable bonds is 3. The third kappa shape index (κ3) is 2.38. The van der Waals surface area contributed by atoms with Crippen LogP contribution in [0.2, 0.25) is 0 Å². The average Bonchev–Trinajstić information content (AvgIpc) is 2.83. The molecule has 86 valence electrons. The van der Waals surface area contributed by atoms with Gasteiger partial charge < -0.3 is 5.11 Å². The van der Waals surface area contributed by atoms with E-state index < -0.39 is 5.97 Å². The highest BCUT2D eigenvalue weighted by Crippen LogP contribution is 2.22. The maximum absolute atomic E-state index is 10.6. The quantitative estimate of drug-likeness (QED) is 0.794. The molecule has 2 N–H and O–H groups in total. The summed E-state index contributed by atoms with van der Waals surface area (Å²) < 4.78 is 0. The molecule has 1 unspecified atom stereocenters. The van der Waals surface area contributed by atoms with E-state index in [1.165, 1.54) is 29.6 Å². The molecule has 2 rings (SSSR count). The number of anilines is 1. The van der Waals surface area contributed by atoms with Crippen LogP contribution in [-0.4, -0.2) is 21.8 Å². The summed E-state index contributed by atoms with van der Waals surface area (Å²) in [6.07, 6.45) is 3.38. The Kier molecular flexibility index (Phi) is 3.19. The van der Waals surface area contributed by atoms with Crippen molar-refractivity contribution in [2.24, 2.45) is 11.0 Å². The lowest BCUT2D eigenvalue weighted by atomic mass is 10.1. The van der Waals surface area contributed by atoms with E-state index in [4.69, 9.17) is 5.11 Å². The van der Waals surface area contributed by atoms with Gasteiger partial charge in [-0.2, -0.15) is 5.10 Å². The van der Waals surface area contributed by atoms with Crippen molar-refractivity contribution in [1.29, 1.82) is 0 Å². The van der Waals surface area contributed by atoms with E-state index in [9.17, 15) is 4.79 Å². The van der Waals surface area contributed by atoms with Crippen LogP contribution in [0.4, 0.5) is 5.13 Å². The zero-order valence-electron chi connectivity index (χ0n) is 8.93. The monoisotopic (exact) mass is 239 g/mol. The number of carboxylic acid groups (broad SMARTS) is 1.